The highest BCUT2D eigenvalue weighted by Gasteiger charge is 2.40. The lowest BCUT2D eigenvalue weighted by Crippen LogP contribution is -2.42. The fraction of sp³-hybridized carbons (Fsp3) is 0.538. The number of carbonyl (C=O) groups is 2. The van der Waals surface area contributed by atoms with E-state index in [-0.39, 0.29) is 11.8 Å². The molecular weight excluding hydrogens is 250 g/mol. The summed E-state index contributed by atoms with van der Waals surface area (Å²) in [6.45, 7) is 4.43. The fourth-order valence-electron chi connectivity index (χ4n) is 2.48. The number of carboxylic acids is 1. The van der Waals surface area contributed by atoms with E-state index >= 15 is 0 Å². The number of likely N-dealkylation sites (tertiary alicyclic amines) is 1. The summed E-state index contributed by atoms with van der Waals surface area (Å²) in [5.41, 5.74) is 1.01. The van der Waals surface area contributed by atoms with E-state index < -0.39 is 12.0 Å². The number of carbonyl (C=O) groups excluding carboxylic acids is 1. The van der Waals surface area contributed by atoms with E-state index in [2.05, 4.69) is 0 Å². The zero-order valence-corrected chi connectivity index (χ0v) is 11.4. The molecule has 0 bridgehead atoms. The highest BCUT2D eigenvalue weighted by molar-refractivity contribution is 7.12. The van der Waals surface area contributed by atoms with Gasteiger partial charge in [-0.3, -0.25) is 4.79 Å². The first kappa shape index (κ1) is 13.1. The Morgan fingerprint density at radius 1 is 1.56 bits per heavy atom. The Morgan fingerprint density at radius 3 is 2.89 bits per heavy atom. The Morgan fingerprint density at radius 2 is 2.28 bits per heavy atom. The lowest BCUT2D eigenvalue weighted by atomic mass is 10.0. The topological polar surface area (TPSA) is 57.6 Å². The maximum atomic E-state index is 12.4. The lowest BCUT2D eigenvalue weighted by Gasteiger charge is -2.23. The van der Waals surface area contributed by atoms with Gasteiger partial charge in [-0.2, -0.15) is 0 Å². The number of aliphatic carboxylic acids is 1. The van der Waals surface area contributed by atoms with Crippen molar-refractivity contribution in [3.63, 3.8) is 0 Å². The highest BCUT2D eigenvalue weighted by atomic mass is 32.1. The van der Waals surface area contributed by atoms with Crippen LogP contribution >= 0.6 is 11.3 Å². The molecule has 0 radical (unpaired) electrons. The van der Waals surface area contributed by atoms with Gasteiger partial charge in [0.1, 0.15) is 6.04 Å². The van der Waals surface area contributed by atoms with Crippen LogP contribution in [0, 0.1) is 5.92 Å². The number of hydrogen-bond donors (Lipinski definition) is 1. The minimum Gasteiger partial charge on any atom is -0.480 e. The predicted octanol–water partition coefficient (Wildman–Crippen LogP) is 2.25. The molecule has 1 aromatic heterocycles. The Balaban J connectivity index is 2.26. The van der Waals surface area contributed by atoms with Crippen LogP contribution in [0.4, 0.5) is 0 Å². The predicted molar refractivity (Wildman–Crippen MR) is 69.9 cm³/mol. The second kappa shape index (κ2) is 5.10. The third-order valence-corrected chi connectivity index (χ3v) is 4.48. The van der Waals surface area contributed by atoms with Gasteiger partial charge in [0.05, 0.1) is 4.88 Å². The summed E-state index contributed by atoms with van der Waals surface area (Å²) in [4.78, 5) is 25.9. The number of nitrogens with zero attached hydrogens (tertiary/aromatic N) is 1. The minimum absolute atomic E-state index is 0.0245. The van der Waals surface area contributed by atoms with Gasteiger partial charge in [-0.1, -0.05) is 13.8 Å². The van der Waals surface area contributed by atoms with Crippen molar-refractivity contribution in [3.8, 4) is 0 Å². The van der Waals surface area contributed by atoms with Crippen molar-refractivity contribution in [2.75, 3.05) is 6.54 Å². The van der Waals surface area contributed by atoms with E-state index in [1.807, 2.05) is 25.3 Å². The molecule has 0 aliphatic carbocycles. The Kier molecular flexibility index (Phi) is 3.71. The summed E-state index contributed by atoms with van der Waals surface area (Å²) in [6.07, 6.45) is 1.56. The van der Waals surface area contributed by atoms with Crippen LogP contribution in [0.2, 0.25) is 0 Å². The molecule has 1 aromatic rings. The van der Waals surface area contributed by atoms with E-state index in [4.69, 9.17) is 0 Å². The number of amides is 1. The van der Waals surface area contributed by atoms with Gasteiger partial charge in [-0.05, 0) is 35.8 Å². The Labute approximate surface area is 110 Å². The van der Waals surface area contributed by atoms with Crippen molar-refractivity contribution >= 4 is 23.2 Å². The highest BCUT2D eigenvalue weighted by Crippen LogP contribution is 2.28. The van der Waals surface area contributed by atoms with Crippen molar-refractivity contribution in [2.24, 2.45) is 5.92 Å². The first-order valence-corrected chi connectivity index (χ1v) is 7.04. The Hall–Kier alpha value is -1.36. The van der Waals surface area contributed by atoms with Gasteiger partial charge in [0.15, 0.2) is 0 Å². The third kappa shape index (κ3) is 2.14. The summed E-state index contributed by atoms with van der Waals surface area (Å²) in [5, 5.41) is 11.1. The zero-order valence-electron chi connectivity index (χ0n) is 10.5. The van der Waals surface area contributed by atoms with Crippen LogP contribution in [0.25, 0.3) is 0 Å². The summed E-state index contributed by atoms with van der Waals surface area (Å²) in [6, 6.07) is 1.26. The second-order valence-electron chi connectivity index (χ2n) is 4.68. The van der Waals surface area contributed by atoms with Crippen LogP contribution in [0.5, 0.6) is 0 Å². The van der Waals surface area contributed by atoms with E-state index in [1.165, 1.54) is 16.2 Å². The zero-order chi connectivity index (χ0) is 13.3. The van der Waals surface area contributed by atoms with Crippen molar-refractivity contribution in [1.29, 1.82) is 0 Å². The number of aryl methyl sites for hydroxylation is 1. The lowest BCUT2D eigenvalue weighted by molar-refractivity contribution is -0.142. The Bertz CT molecular complexity index is 469. The molecule has 2 atom stereocenters. The maximum absolute atomic E-state index is 12.4. The monoisotopic (exact) mass is 267 g/mol. The second-order valence-corrected chi connectivity index (χ2v) is 5.59. The molecule has 0 spiro atoms. The molecule has 2 heterocycles. The summed E-state index contributed by atoms with van der Waals surface area (Å²) >= 11 is 1.40. The normalized spacial score (nSPS) is 23.3. The molecule has 0 saturated carbocycles. The number of hydrogen-bond acceptors (Lipinski definition) is 3. The van der Waals surface area contributed by atoms with Crippen molar-refractivity contribution < 1.29 is 14.7 Å². The average molecular weight is 267 g/mol. The maximum Gasteiger partial charge on any atom is 0.326 e. The molecule has 1 N–H and O–H groups in total. The molecular formula is C13H17NO3S. The smallest absolute Gasteiger partial charge is 0.326 e. The quantitative estimate of drug-likeness (QED) is 0.913. The van der Waals surface area contributed by atoms with Gasteiger partial charge in [0, 0.05) is 6.54 Å². The van der Waals surface area contributed by atoms with Crippen LogP contribution in [-0.4, -0.2) is 34.5 Å². The summed E-state index contributed by atoms with van der Waals surface area (Å²) in [5.74, 6) is -1.00. The molecule has 98 valence electrons. The van der Waals surface area contributed by atoms with Gasteiger partial charge in [0.25, 0.3) is 5.91 Å². The number of rotatable bonds is 3. The molecule has 2 unspecified atom stereocenters. The summed E-state index contributed by atoms with van der Waals surface area (Å²) < 4.78 is 0. The summed E-state index contributed by atoms with van der Waals surface area (Å²) in [7, 11) is 0. The van der Waals surface area contributed by atoms with E-state index in [1.54, 1.807) is 0 Å². The van der Waals surface area contributed by atoms with Crippen molar-refractivity contribution in [3.05, 3.63) is 21.9 Å². The molecule has 2 rings (SSSR count). The van der Waals surface area contributed by atoms with E-state index in [0.717, 1.165) is 18.4 Å². The molecule has 1 aliphatic rings. The number of carboxylic acid groups (broad SMARTS) is 1. The third-order valence-electron chi connectivity index (χ3n) is 3.54. The van der Waals surface area contributed by atoms with E-state index in [9.17, 15) is 14.7 Å². The van der Waals surface area contributed by atoms with Gasteiger partial charge < -0.3 is 10.0 Å². The molecule has 5 heteroatoms. The van der Waals surface area contributed by atoms with Gasteiger partial charge in [-0.25, -0.2) is 4.79 Å². The minimum atomic E-state index is -0.900. The first-order chi connectivity index (χ1) is 8.56. The first-order valence-electron chi connectivity index (χ1n) is 6.16. The average Bonchev–Trinajstić information content (AvgIpc) is 2.93. The standard InChI is InChI=1S/C13H17NO3S/c1-3-9-5-7-18-11(9)12(15)14-6-4-8(2)10(14)13(16)17/h5,7-8,10H,3-4,6H2,1-2H3,(H,16,17). The van der Waals surface area contributed by atoms with Crippen LogP contribution in [-0.2, 0) is 11.2 Å². The fourth-order valence-corrected chi connectivity index (χ4v) is 3.43. The molecule has 0 aromatic carbocycles. The molecule has 1 saturated heterocycles. The van der Waals surface area contributed by atoms with Gasteiger partial charge in [0.2, 0.25) is 0 Å². The molecule has 1 aliphatic heterocycles. The van der Waals surface area contributed by atoms with Crippen molar-refractivity contribution in [2.45, 2.75) is 32.7 Å². The van der Waals surface area contributed by atoms with Crippen LogP contribution in [0.15, 0.2) is 11.4 Å². The largest absolute Gasteiger partial charge is 0.480 e. The van der Waals surface area contributed by atoms with E-state index in [0.29, 0.717) is 11.4 Å². The van der Waals surface area contributed by atoms with Gasteiger partial charge >= 0.3 is 5.97 Å². The van der Waals surface area contributed by atoms with Crippen LogP contribution in [0.3, 0.4) is 0 Å². The van der Waals surface area contributed by atoms with Crippen molar-refractivity contribution in [1.82, 2.24) is 4.90 Å². The van der Waals surface area contributed by atoms with Gasteiger partial charge in [-0.15, -0.1) is 11.3 Å². The van der Waals surface area contributed by atoms with Crippen LogP contribution < -0.4 is 0 Å². The molecule has 1 fully saturated rings. The SMILES string of the molecule is CCc1ccsc1C(=O)N1CCC(C)C1C(=O)O. The van der Waals surface area contributed by atoms with Crippen LogP contribution in [0.1, 0.15) is 35.5 Å². The number of thiophene rings is 1. The molecule has 1 amide bonds. The molecule has 4 nitrogen and oxygen atoms in total. The molecule has 18 heavy (non-hydrogen) atoms.